The van der Waals surface area contributed by atoms with Crippen LogP contribution in [0.5, 0.6) is 5.75 Å². The van der Waals surface area contributed by atoms with Gasteiger partial charge >= 0.3 is 12.0 Å². The molecular weight excluding hydrogens is 626 g/mol. The van der Waals surface area contributed by atoms with Gasteiger partial charge in [0, 0.05) is 35.7 Å². The zero-order chi connectivity index (χ0) is 36.1. The molecule has 0 fully saturated rings. The van der Waals surface area contributed by atoms with E-state index < -0.39 is 23.3 Å². The number of carbonyl (C=O) groups excluding carboxylic acids is 4. The van der Waals surface area contributed by atoms with Gasteiger partial charge in [0.2, 0.25) is 5.91 Å². The molecule has 262 valence electrons. The number of aryl methyl sites for hydroxylation is 1. The number of hydrogen-bond donors (Lipinski definition) is 4. The van der Waals surface area contributed by atoms with Gasteiger partial charge in [-0.3, -0.25) is 19.2 Å². The number of nitrogens with zero attached hydrogens (tertiary/aromatic N) is 2. The largest absolute Gasteiger partial charge is 0.497 e. The molecule has 0 unspecified atom stereocenters. The summed E-state index contributed by atoms with van der Waals surface area (Å²) >= 11 is 0. The summed E-state index contributed by atoms with van der Waals surface area (Å²) in [4.78, 5) is 67.2. The van der Waals surface area contributed by atoms with Crippen LogP contribution in [0.25, 0.3) is 0 Å². The molecular formula is C37H47N5O7. The number of hydrogen-bond acceptors (Lipinski definition) is 7. The quantitative estimate of drug-likeness (QED) is 0.138. The van der Waals surface area contributed by atoms with Crippen molar-refractivity contribution in [3.8, 4) is 5.75 Å². The predicted octanol–water partition coefficient (Wildman–Crippen LogP) is 5.90. The number of methoxy groups -OCH3 is 1. The third-order valence-corrected chi connectivity index (χ3v) is 7.90. The lowest BCUT2D eigenvalue weighted by Crippen LogP contribution is -2.50. The second kappa shape index (κ2) is 17.7. The highest BCUT2D eigenvalue weighted by atomic mass is 16.5. The Morgan fingerprint density at radius 1 is 0.816 bits per heavy atom. The number of para-hydroxylation sites is 1. The van der Waals surface area contributed by atoms with Crippen molar-refractivity contribution in [2.24, 2.45) is 5.92 Å². The summed E-state index contributed by atoms with van der Waals surface area (Å²) in [7, 11) is 1.50. The Morgan fingerprint density at radius 2 is 1.45 bits per heavy atom. The minimum absolute atomic E-state index is 0.177. The van der Waals surface area contributed by atoms with Crippen molar-refractivity contribution in [2.75, 3.05) is 49.2 Å². The molecule has 0 atom stereocenters. The van der Waals surface area contributed by atoms with E-state index in [4.69, 9.17) is 4.74 Å². The Morgan fingerprint density at radius 3 is 2.04 bits per heavy atom. The maximum Gasteiger partial charge on any atom is 0.323 e. The van der Waals surface area contributed by atoms with Crippen molar-refractivity contribution in [1.29, 1.82) is 0 Å². The summed E-state index contributed by atoms with van der Waals surface area (Å²) < 4.78 is 5.15. The standard InChI is InChI=1S/C37H47N5O7/c1-25(2)19-21-41(33(44)24-42(22-20-34(45)46)35(47)27-11-17-30(49-6)18-12-27)23-32(43)37(4,5)40-29-15-13-28(14-16-29)38-36(48)39-31-10-8-7-9-26(31)3/h7-18,25,40H,19-24H2,1-6H3,(H,45,46)(H2,38,39,48). The zero-order valence-electron chi connectivity index (χ0n) is 29.0. The number of amides is 4. The normalized spacial score (nSPS) is 11.0. The summed E-state index contributed by atoms with van der Waals surface area (Å²) in [5.74, 6) is -1.53. The van der Waals surface area contributed by atoms with Crippen molar-refractivity contribution in [1.82, 2.24) is 9.80 Å². The number of carboxylic acids is 1. The lowest BCUT2D eigenvalue weighted by atomic mass is 9.97. The first-order valence-corrected chi connectivity index (χ1v) is 16.2. The second-order valence-electron chi connectivity index (χ2n) is 12.7. The molecule has 4 amide bonds. The van der Waals surface area contributed by atoms with E-state index in [1.165, 1.54) is 16.9 Å². The van der Waals surface area contributed by atoms with E-state index in [1.807, 2.05) is 45.0 Å². The highest BCUT2D eigenvalue weighted by molar-refractivity contribution is 6.00. The Hall–Kier alpha value is -5.39. The number of aliphatic carboxylic acids is 1. The number of ketones is 1. The van der Waals surface area contributed by atoms with E-state index in [9.17, 15) is 29.1 Å². The molecule has 0 aliphatic heterocycles. The van der Waals surface area contributed by atoms with E-state index >= 15 is 0 Å². The van der Waals surface area contributed by atoms with Crippen LogP contribution in [0.15, 0.2) is 72.8 Å². The number of benzene rings is 3. The molecule has 0 spiro atoms. The fourth-order valence-electron chi connectivity index (χ4n) is 4.80. The smallest absolute Gasteiger partial charge is 0.323 e. The average Bonchev–Trinajstić information content (AvgIpc) is 3.06. The maximum atomic E-state index is 13.7. The number of Topliss-reactive ketones (excluding diaryl/α,β-unsaturated/α-hetero) is 1. The molecule has 12 heteroatoms. The summed E-state index contributed by atoms with van der Waals surface area (Å²) in [5.41, 5.74) is 2.02. The molecule has 3 rings (SSSR count). The number of rotatable bonds is 17. The number of carboxylic acid groups (broad SMARTS) is 1. The van der Waals surface area contributed by atoms with Crippen molar-refractivity contribution in [2.45, 2.75) is 53.0 Å². The summed E-state index contributed by atoms with van der Waals surface area (Å²) in [6, 6.07) is 20.3. The molecule has 49 heavy (non-hydrogen) atoms. The molecule has 0 aromatic heterocycles. The van der Waals surface area contributed by atoms with Crippen LogP contribution in [-0.2, 0) is 14.4 Å². The van der Waals surface area contributed by atoms with Crippen LogP contribution >= 0.6 is 0 Å². The van der Waals surface area contributed by atoms with Crippen LogP contribution in [0.1, 0.15) is 56.5 Å². The number of anilines is 3. The summed E-state index contributed by atoms with van der Waals surface area (Å²) in [5, 5.41) is 18.1. The Labute approximate surface area is 287 Å². The Bertz CT molecular complexity index is 1600. The van der Waals surface area contributed by atoms with Crippen LogP contribution in [0.2, 0.25) is 0 Å². The lowest BCUT2D eigenvalue weighted by Gasteiger charge is -2.32. The van der Waals surface area contributed by atoms with Gasteiger partial charge < -0.3 is 35.6 Å². The second-order valence-corrected chi connectivity index (χ2v) is 12.7. The van der Waals surface area contributed by atoms with Gasteiger partial charge in [-0.05, 0) is 93.3 Å². The van der Waals surface area contributed by atoms with Gasteiger partial charge in [0.15, 0.2) is 5.78 Å². The first-order valence-electron chi connectivity index (χ1n) is 16.2. The first kappa shape index (κ1) is 38.1. The molecule has 3 aromatic carbocycles. The van der Waals surface area contributed by atoms with Gasteiger partial charge in [0.05, 0.1) is 25.6 Å². The van der Waals surface area contributed by atoms with Gasteiger partial charge in [0.25, 0.3) is 5.91 Å². The fourth-order valence-corrected chi connectivity index (χ4v) is 4.80. The minimum atomic E-state index is -1.10. The highest BCUT2D eigenvalue weighted by Crippen LogP contribution is 2.21. The van der Waals surface area contributed by atoms with Gasteiger partial charge in [-0.2, -0.15) is 0 Å². The monoisotopic (exact) mass is 673 g/mol. The van der Waals surface area contributed by atoms with E-state index in [0.29, 0.717) is 29.2 Å². The maximum absolute atomic E-state index is 13.7. The van der Waals surface area contributed by atoms with E-state index in [2.05, 4.69) is 16.0 Å². The van der Waals surface area contributed by atoms with Crippen LogP contribution in [0.4, 0.5) is 21.9 Å². The molecule has 12 nitrogen and oxygen atoms in total. The van der Waals surface area contributed by atoms with Crippen molar-refractivity contribution >= 4 is 46.7 Å². The Kier molecular flexibility index (Phi) is 13.7. The van der Waals surface area contributed by atoms with Crippen LogP contribution in [-0.4, -0.2) is 83.3 Å². The third kappa shape index (κ3) is 12.0. The van der Waals surface area contributed by atoms with Gasteiger partial charge in [0.1, 0.15) is 12.3 Å². The number of carbonyl (C=O) groups is 5. The minimum Gasteiger partial charge on any atom is -0.497 e. The first-order chi connectivity index (χ1) is 23.2. The molecule has 0 saturated carbocycles. The van der Waals surface area contributed by atoms with Gasteiger partial charge in [-0.1, -0.05) is 32.0 Å². The molecule has 0 aliphatic carbocycles. The van der Waals surface area contributed by atoms with E-state index in [-0.39, 0.29) is 55.9 Å². The molecule has 0 radical (unpaired) electrons. The summed E-state index contributed by atoms with van der Waals surface area (Å²) in [6.07, 6.45) is 0.281. The van der Waals surface area contributed by atoms with Crippen LogP contribution in [0, 0.1) is 12.8 Å². The highest BCUT2D eigenvalue weighted by Gasteiger charge is 2.31. The van der Waals surface area contributed by atoms with Crippen molar-refractivity contribution in [3.63, 3.8) is 0 Å². The number of nitrogens with one attached hydrogen (secondary N) is 3. The predicted molar refractivity (Wildman–Crippen MR) is 190 cm³/mol. The molecule has 4 N–H and O–H groups in total. The van der Waals surface area contributed by atoms with Crippen LogP contribution in [0.3, 0.4) is 0 Å². The molecule has 0 bridgehead atoms. The van der Waals surface area contributed by atoms with E-state index in [0.717, 1.165) is 5.56 Å². The zero-order valence-corrected chi connectivity index (χ0v) is 29.0. The molecule has 0 saturated heterocycles. The SMILES string of the molecule is COc1ccc(C(=O)N(CCC(=O)O)CC(=O)N(CCC(C)C)CC(=O)C(C)(C)Nc2ccc(NC(=O)Nc3ccccc3C)cc2)cc1. The summed E-state index contributed by atoms with van der Waals surface area (Å²) in [6.45, 7) is 8.86. The fraction of sp³-hybridized carbons (Fsp3) is 0.378. The Balaban J connectivity index is 1.69. The van der Waals surface area contributed by atoms with E-state index in [1.54, 1.807) is 62.4 Å². The van der Waals surface area contributed by atoms with Crippen molar-refractivity contribution in [3.05, 3.63) is 83.9 Å². The lowest BCUT2D eigenvalue weighted by molar-refractivity contribution is -0.139. The van der Waals surface area contributed by atoms with Crippen LogP contribution < -0.4 is 20.7 Å². The number of ether oxygens (including phenoxy) is 1. The average molecular weight is 674 g/mol. The van der Waals surface area contributed by atoms with Gasteiger partial charge in [-0.25, -0.2) is 4.79 Å². The molecule has 3 aromatic rings. The van der Waals surface area contributed by atoms with Gasteiger partial charge in [-0.15, -0.1) is 0 Å². The molecule has 0 heterocycles. The van der Waals surface area contributed by atoms with Crippen molar-refractivity contribution < 1.29 is 33.8 Å². The topological polar surface area (TPSA) is 157 Å². The third-order valence-electron chi connectivity index (χ3n) is 7.90. The molecule has 0 aliphatic rings. The number of urea groups is 1.